The van der Waals surface area contributed by atoms with Crippen molar-refractivity contribution in [3.63, 3.8) is 0 Å². The molecule has 0 saturated heterocycles. The van der Waals surface area contributed by atoms with Gasteiger partial charge in [-0.1, -0.05) is 48.0 Å². The lowest BCUT2D eigenvalue weighted by molar-refractivity contribution is 0.405. The fourth-order valence-electron chi connectivity index (χ4n) is 2.64. The lowest BCUT2D eigenvalue weighted by Crippen LogP contribution is -2.16. The standard InChI is InChI=1S/C21H24ClN5/c1-27(2)13-7-12-23-19-15-20(24-18-11-6-10-17(22)14-18)26-21(25-19)16-8-4-3-5-9-16/h3-6,8-11,14-15H,7,12-13H2,1-2H3,(H2,23,24,25,26). The third kappa shape index (κ3) is 5.94. The van der Waals surface area contributed by atoms with Crippen molar-refractivity contribution < 1.29 is 0 Å². The van der Waals surface area contributed by atoms with Crippen LogP contribution in [0.3, 0.4) is 0 Å². The van der Waals surface area contributed by atoms with Gasteiger partial charge in [0.2, 0.25) is 0 Å². The second kappa shape index (κ2) is 9.35. The first-order chi connectivity index (χ1) is 13.1. The van der Waals surface area contributed by atoms with Gasteiger partial charge in [0.15, 0.2) is 5.82 Å². The van der Waals surface area contributed by atoms with Gasteiger partial charge in [0.05, 0.1) is 0 Å². The average molecular weight is 382 g/mol. The minimum Gasteiger partial charge on any atom is -0.370 e. The number of anilines is 3. The molecule has 0 bridgehead atoms. The summed E-state index contributed by atoms with van der Waals surface area (Å²) in [6.45, 7) is 1.87. The summed E-state index contributed by atoms with van der Waals surface area (Å²) in [5.41, 5.74) is 1.86. The summed E-state index contributed by atoms with van der Waals surface area (Å²) in [5.74, 6) is 2.20. The Kier molecular flexibility index (Phi) is 6.63. The van der Waals surface area contributed by atoms with Gasteiger partial charge in [0, 0.05) is 28.9 Å². The van der Waals surface area contributed by atoms with Gasteiger partial charge in [-0.3, -0.25) is 0 Å². The highest BCUT2D eigenvalue weighted by Crippen LogP contribution is 2.24. The van der Waals surface area contributed by atoms with Gasteiger partial charge in [0.25, 0.3) is 0 Å². The second-order valence-corrected chi connectivity index (χ2v) is 6.98. The van der Waals surface area contributed by atoms with Gasteiger partial charge in [0.1, 0.15) is 11.6 Å². The molecule has 0 aliphatic carbocycles. The van der Waals surface area contributed by atoms with E-state index in [1.165, 1.54) is 0 Å². The van der Waals surface area contributed by atoms with Crippen LogP contribution in [-0.2, 0) is 0 Å². The van der Waals surface area contributed by atoms with Crippen LogP contribution in [0.25, 0.3) is 11.4 Å². The highest BCUT2D eigenvalue weighted by atomic mass is 35.5. The number of hydrogen-bond donors (Lipinski definition) is 2. The smallest absolute Gasteiger partial charge is 0.163 e. The Morgan fingerprint density at radius 2 is 1.70 bits per heavy atom. The van der Waals surface area contributed by atoms with Gasteiger partial charge in [-0.25, -0.2) is 9.97 Å². The van der Waals surface area contributed by atoms with Gasteiger partial charge in [-0.2, -0.15) is 0 Å². The maximum atomic E-state index is 6.09. The number of nitrogens with one attached hydrogen (secondary N) is 2. The molecule has 27 heavy (non-hydrogen) atoms. The quantitative estimate of drug-likeness (QED) is 0.543. The molecule has 0 saturated carbocycles. The van der Waals surface area contributed by atoms with Crippen LogP contribution in [0.2, 0.25) is 5.02 Å². The van der Waals surface area contributed by atoms with Crippen molar-refractivity contribution in [2.24, 2.45) is 0 Å². The fraction of sp³-hybridized carbons (Fsp3) is 0.238. The molecule has 0 spiro atoms. The van der Waals surface area contributed by atoms with Crippen LogP contribution >= 0.6 is 11.6 Å². The Hall–Kier alpha value is -2.63. The molecule has 140 valence electrons. The van der Waals surface area contributed by atoms with Crippen LogP contribution in [0, 0.1) is 0 Å². The molecule has 3 rings (SSSR count). The molecule has 6 heteroatoms. The van der Waals surface area contributed by atoms with Crippen molar-refractivity contribution >= 4 is 28.9 Å². The minimum atomic E-state index is 0.678. The summed E-state index contributed by atoms with van der Waals surface area (Å²) in [5, 5.41) is 7.40. The van der Waals surface area contributed by atoms with E-state index in [9.17, 15) is 0 Å². The predicted molar refractivity (Wildman–Crippen MR) is 114 cm³/mol. The number of nitrogens with zero attached hydrogens (tertiary/aromatic N) is 3. The van der Waals surface area contributed by atoms with E-state index in [1.807, 2.05) is 60.7 Å². The summed E-state index contributed by atoms with van der Waals surface area (Å²) in [6, 6.07) is 19.5. The largest absolute Gasteiger partial charge is 0.370 e. The van der Waals surface area contributed by atoms with E-state index in [-0.39, 0.29) is 0 Å². The van der Waals surface area contributed by atoms with E-state index >= 15 is 0 Å². The second-order valence-electron chi connectivity index (χ2n) is 6.55. The minimum absolute atomic E-state index is 0.678. The normalized spacial score (nSPS) is 10.8. The summed E-state index contributed by atoms with van der Waals surface area (Å²) >= 11 is 6.09. The zero-order chi connectivity index (χ0) is 19.1. The Balaban J connectivity index is 1.83. The number of halogens is 1. The molecule has 0 amide bonds. The Morgan fingerprint density at radius 3 is 2.44 bits per heavy atom. The number of rotatable bonds is 8. The topological polar surface area (TPSA) is 53.1 Å². The summed E-state index contributed by atoms with van der Waals surface area (Å²) < 4.78 is 0. The maximum absolute atomic E-state index is 6.09. The van der Waals surface area contributed by atoms with Crippen molar-refractivity contribution in [2.45, 2.75) is 6.42 Å². The first-order valence-electron chi connectivity index (χ1n) is 8.96. The molecule has 0 aliphatic heterocycles. The van der Waals surface area contributed by atoms with Crippen LogP contribution in [0.5, 0.6) is 0 Å². The third-order valence-electron chi connectivity index (χ3n) is 3.94. The van der Waals surface area contributed by atoms with Gasteiger partial charge >= 0.3 is 0 Å². The summed E-state index contributed by atoms with van der Waals surface area (Å²) in [7, 11) is 4.15. The molecule has 0 aliphatic rings. The Labute approximate surface area is 165 Å². The van der Waals surface area contributed by atoms with Crippen LogP contribution < -0.4 is 10.6 Å². The number of aromatic nitrogens is 2. The van der Waals surface area contributed by atoms with E-state index in [4.69, 9.17) is 11.6 Å². The molecule has 1 heterocycles. The first-order valence-corrected chi connectivity index (χ1v) is 9.33. The van der Waals surface area contributed by atoms with Crippen molar-refractivity contribution in [3.05, 3.63) is 65.7 Å². The monoisotopic (exact) mass is 381 g/mol. The molecule has 0 unspecified atom stereocenters. The molecule has 0 atom stereocenters. The summed E-state index contributed by atoms with van der Waals surface area (Å²) in [6.07, 6.45) is 1.04. The number of hydrogen-bond acceptors (Lipinski definition) is 5. The highest BCUT2D eigenvalue weighted by Gasteiger charge is 2.08. The molecule has 2 aromatic carbocycles. The van der Waals surface area contributed by atoms with Gasteiger partial charge in [-0.05, 0) is 45.3 Å². The molecule has 5 nitrogen and oxygen atoms in total. The van der Waals surface area contributed by atoms with E-state index in [0.29, 0.717) is 10.8 Å². The van der Waals surface area contributed by atoms with Gasteiger partial charge in [-0.15, -0.1) is 0 Å². The molecule has 3 aromatic rings. The molecule has 1 aromatic heterocycles. The van der Waals surface area contributed by atoms with Crippen LogP contribution in [0.1, 0.15) is 6.42 Å². The zero-order valence-electron chi connectivity index (χ0n) is 15.6. The van der Waals surface area contributed by atoms with Crippen LogP contribution in [0.15, 0.2) is 60.7 Å². The van der Waals surface area contributed by atoms with Crippen molar-refractivity contribution in [1.29, 1.82) is 0 Å². The van der Waals surface area contributed by atoms with Crippen molar-refractivity contribution in [3.8, 4) is 11.4 Å². The molecule has 2 N–H and O–H groups in total. The summed E-state index contributed by atoms with van der Waals surface area (Å²) in [4.78, 5) is 11.5. The zero-order valence-corrected chi connectivity index (χ0v) is 16.4. The van der Waals surface area contributed by atoms with Gasteiger partial charge < -0.3 is 15.5 Å². The number of benzene rings is 2. The predicted octanol–water partition coefficient (Wildman–Crippen LogP) is 4.90. The average Bonchev–Trinajstić information content (AvgIpc) is 2.66. The Morgan fingerprint density at radius 1 is 0.926 bits per heavy atom. The third-order valence-corrected chi connectivity index (χ3v) is 4.18. The molecular weight excluding hydrogens is 358 g/mol. The van der Waals surface area contributed by atoms with E-state index in [0.717, 1.165) is 42.4 Å². The Bertz CT molecular complexity index is 867. The van der Waals surface area contributed by atoms with E-state index < -0.39 is 0 Å². The maximum Gasteiger partial charge on any atom is 0.163 e. The first kappa shape index (κ1) is 19.1. The highest BCUT2D eigenvalue weighted by molar-refractivity contribution is 6.30. The molecular formula is C21H24ClN5. The molecule has 0 radical (unpaired) electrons. The SMILES string of the molecule is CN(C)CCCNc1cc(Nc2cccc(Cl)c2)nc(-c2ccccc2)n1. The lowest BCUT2D eigenvalue weighted by Gasteiger charge is -2.13. The van der Waals surface area contributed by atoms with Crippen molar-refractivity contribution in [2.75, 3.05) is 37.8 Å². The van der Waals surface area contributed by atoms with E-state index in [1.54, 1.807) is 0 Å². The van der Waals surface area contributed by atoms with Crippen LogP contribution in [-0.4, -0.2) is 42.1 Å². The van der Waals surface area contributed by atoms with Crippen molar-refractivity contribution in [1.82, 2.24) is 14.9 Å². The fourth-order valence-corrected chi connectivity index (χ4v) is 2.83. The lowest BCUT2D eigenvalue weighted by atomic mass is 10.2. The molecule has 0 fully saturated rings. The van der Waals surface area contributed by atoms with Crippen LogP contribution in [0.4, 0.5) is 17.3 Å². The van der Waals surface area contributed by atoms with E-state index in [2.05, 4.69) is 39.6 Å².